The summed E-state index contributed by atoms with van der Waals surface area (Å²) in [6, 6.07) is 3.60. The summed E-state index contributed by atoms with van der Waals surface area (Å²) in [6.07, 6.45) is 0.998. The molecule has 1 aliphatic heterocycles. The Hall–Kier alpha value is -3.59. The number of ether oxygens (including phenoxy) is 7. The summed E-state index contributed by atoms with van der Waals surface area (Å²) in [5.74, 6) is 1.60. The summed E-state index contributed by atoms with van der Waals surface area (Å²) < 4.78 is 40.6. The second-order valence-electron chi connectivity index (χ2n) is 9.38. The highest BCUT2D eigenvalue weighted by Crippen LogP contribution is 2.59. The van der Waals surface area contributed by atoms with Crippen LogP contribution < -0.4 is 28.4 Å². The van der Waals surface area contributed by atoms with Gasteiger partial charge in [0.25, 0.3) is 0 Å². The van der Waals surface area contributed by atoms with E-state index in [1.165, 1.54) is 21.3 Å². The average Bonchev–Trinajstić information content (AvgIpc) is 3.36. The first-order chi connectivity index (χ1) is 17.6. The van der Waals surface area contributed by atoms with Crippen molar-refractivity contribution >= 4 is 5.97 Å². The van der Waals surface area contributed by atoms with Crippen molar-refractivity contribution in [3.63, 3.8) is 0 Å². The van der Waals surface area contributed by atoms with Gasteiger partial charge in [-0.1, -0.05) is 13.0 Å². The molecule has 4 rings (SSSR count). The Kier molecular flexibility index (Phi) is 7.19. The number of rotatable bonds is 6. The summed E-state index contributed by atoms with van der Waals surface area (Å²) in [4.78, 5) is 13.0. The smallest absolute Gasteiger partial charge is 0.334 e. The largest absolute Gasteiger partial charge is 0.493 e. The Morgan fingerprint density at radius 2 is 1.70 bits per heavy atom. The molecule has 0 radical (unpaired) electrons. The van der Waals surface area contributed by atoms with Gasteiger partial charge in [-0.05, 0) is 50.8 Å². The zero-order chi connectivity index (χ0) is 27.1. The quantitative estimate of drug-likeness (QED) is 0.437. The molecule has 0 amide bonds. The van der Waals surface area contributed by atoms with Gasteiger partial charge in [-0.3, -0.25) is 0 Å². The third-order valence-corrected chi connectivity index (χ3v) is 7.33. The lowest BCUT2D eigenvalue weighted by atomic mass is 9.73. The van der Waals surface area contributed by atoms with E-state index in [2.05, 4.69) is 0 Å². The van der Waals surface area contributed by atoms with E-state index in [4.69, 9.17) is 33.2 Å². The normalized spacial score (nSPS) is 22.2. The zero-order valence-electron chi connectivity index (χ0n) is 22.5. The first-order valence-corrected chi connectivity index (χ1v) is 12.0. The molecule has 0 spiro atoms. The number of fused-ring (bicyclic) bond motifs is 4. The minimum Gasteiger partial charge on any atom is -0.493 e. The molecule has 0 unspecified atom stereocenters. The van der Waals surface area contributed by atoms with Crippen molar-refractivity contribution < 1.29 is 43.1 Å². The molecular formula is C28H34O9. The molecule has 2 aromatic rings. The van der Waals surface area contributed by atoms with Crippen molar-refractivity contribution in [2.75, 3.05) is 35.2 Å². The van der Waals surface area contributed by atoms with Crippen molar-refractivity contribution in [1.29, 1.82) is 0 Å². The molecular weight excluding hydrogens is 480 g/mol. The van der Waals surface area contributed by atoms with E-state index < -0.39 is 17.7 Å². The minimum atomic E-state index is -1.48. The van der Waals surface area contributed by atoms with E-state index in [1.807, 2.05) is 13.0 Å². The maximum atomic E-state index is 13.0. The molecule has 2 aliphatic rings. The Morgan fingerprint density at radius 3 is 2.30 bits per heavy atom. The van der Waals surface area contributed by atoms with Gasteiger partial charge in [0, 0.05) is 22.3 Å². The molecule has 0 bridgehead atoms. The van der Waals surface area contributed by atoms with E-state index in [1.54, 1.807) is 40.0 Å². The third-order valence-electron chi connectivity index (χ3n) is 7.33. The van der Waals surface area contributed by atoms with Gasteiger partial charge in [0.1, 0.15) is 5.60 Å². The Labute approximate surface area is 216 Å². The molecule has 3 atom stereocenters. The van der Waals surface area contributed by atoms with E-state index in [0.717, 1.165) is 5.56 Å². The summed E-state index contributed by atoms with van der Waals surface area (Å²) in [6.45, 7) is 7.05. The molecule has 1 aliphatic carbocycles. The topological polar surface area (TPSA) is 102 Å². The van der Waals surface area contributed by atoms with E-state index in [9.17, 15) is 9.90 Å². The molecule has 2 aromatic carbocycles. The first kappa shape index (κ1) is 26.5. The first-order valence-electron chi connectivity index (χ1n) is 12.0. The number of esters is 1. The van der Waals surface area contributed by atoms with E-state index in [-0.39, 0.29) is 12.7 Å². The molecule has 0 fully saturated rings. The summed E-state index contributed by atoms with van der Waals surface area (Å²) in [5, 5.41) is 12.0. The molecule has 1 heterocycles. The predicted octanol–water partition coefficient (Wildman–Crippen LogP) is 4.61. The van der Waals surface area contributed by atoms with Crippen LogP contribution in [0.25, 0.3) is 11.1 Å². The fraction of sp³-hybridized carbons (Fsp3) is 0.464. The van der Waals surface area contributed by atoms with Crippen molar-refractivity contribution in [2.45, 2.75) is 45.8 Å². The number of carbonyl (C=O) groups excluding carboxylic acids is 1. The lowest BCUT2D eigenvalue weighted by Crippen LogP contribution is -2.44. The predicted molar refractivity (Wildman–Crippen MR) is 136 cm³/mol. The fourth-order valence-electron chi connectivity index (χ4n) is 4.94. The molecule has 1 N–H and O–H groups in total. The second kappa shape index (κ2) is 10.0. The number of allylic oxidation sites excluding steroid dienone is 1. The highest BCUT2D eigenvalue weighted by molar-refractivity contribution is 5.90. The number of benzene rings is 2. The van der Waals surface area contributed by atoms with Crippen LogP contribution in [0.5, 0.6) is 34.5 Å². The van der Waals surface area contributed by atoms with Gasteiger partial charge in [-0.15, -0.1) is 0 Å². The second-order valence-corrected chi connectivity index (χ2v) is 9.38. The molecule has 37 heavy (non-hydrogen) atoms. The minimum absolute atomic E-state index is 0.0562. The van der Waals surface area contributed by atoms with Gasteiger partial charge in [0.2, 0.25) is 18.3 Å². The lowest BCUT2D eigenvalue weighted by Gasteiger charge is -2.41. The van der Waals surface area contributed by atoms with Gasteiger partial charge >= 0.3 is 5.97 Å². The Morgan fingerprint density at radius 1 is 1.03 bits per heavy atom. The number of hydrogen-bond acceptors (Lipinski definition) is 9. The monoisotopic (exact) mass is 514 g/mol. The number of methoxy groups -OCH3 is 4. The van der Waals surface area contributed by atoms with Gasteiger partial charge < -0.3 is 38.3 Å². The van der Waals surface area contributed by atoms with Crippen molar-refractivity contribution in [3.8, 4) is 45.6 Å². The van der Waals surface area contributed by atoms with Crippen LogP contribution in [0.2, 0.25) is 0 Å². The van der Waals surface area contributed by atoms with Crippen LogP contribution in [0, 0.1) is 5.92 Å². The third kappa shape index (κ3) is 4.21. The maximum absolute atomic E-state index is 13.0. The van der Waals surface area contributed by atoms with Gasteiger partial charge in [-0.25, -0.2) is 4.79 Å². The van der Waals surface area contributed by atoms with Gasteiger partial charge in [-0.2, -0.15) is 0 Å². The Balaban J connectivity index is 2.17. The van der Waals surface area contributed by atoms with Crippen LogP contribution in [0.1, 0.15) is 44.9 Å². The van der Waals surface area contributed by atoms with E-state index in [0.29, 0.717) is 63.2 Å². The van der Waals surface area contributed by atoms with Crippen LogP contribution in [-0.2, 0) is 16.0 Å². The molecule has 0 saturated heterocycles. The van der Waals surface area contributed by atoms with Crippen LogP contribution in [0.3, 0.4) is 0 Å². The number of carbonyl (C=O) groups is 1. The molecule has 9 nitrogen and oxygen atoms in total. The summed E-state index contributed by atoms with van der Waals surface area (Å²) >= 11 is 0. The molecule has 9 heteroatoms. The van der Waals surface area contributed by atoms with Crippen LogP contribution in [0.4, 0.5) is 0 Å². The number of aliphatic hydroxyl groups is 1. The van der Waals surface area contributed by atoms with Crippen LogP contribution in [0.15, 0.2) is 23.8 Å². The highest BCUT2D eigenvalue weighted by atomic mass is 16.7. The van der Waals surface area contributed by atoms with Crippen LogP contribution >= 0.6 is 0 Å². The van der Waals surface area contributed by atoms with Crippen molar-refractivity contribution in [1.82, 2.24) is 0 Å². The lowest BCUT2D eigenvalue weighted by molar-refractivity contribution is -0.166. The van der Waals surface area contributed by atoms with Crippen molar-refractivity contribution in [3.05, 3.63) is 34.9 Å². The maximum Gasteiger partial charge on any atom is 0.334 e. The Bertz CT molecular complexity index is 1250. The van der Waals surface area contributed by atoms with Gasteiger partial charge in [0.05, 0.1) is 28.4 Å². The highest BCUT2D eigenvalue weighted by Gasteiger charge is 2.47. The molecule has 0 aromatic heterocycles. The zero-order valence-corrected chi connectivity index (χ0v) is 22.5. The standard InChI is InChI=1S/C28H34O9/c1-9-14(2)27(29)37-26-17-12-18(31-5)22(32-6)25(34-8)21(17)20-16(10-15(3)28(26,4)30)11-19-23(24(20)33-7)36-13-35-19/h9,11-12,15,26,30H,10,13H2,1-8H3/b14-9-/t15-,26-,28+/m1/s1. The average molecular weight is 515 g/mol. The fourth-order valence-corrected chi connectivity index (χ4v) is 4.94. The van der Waals surface area contributed by atoms with Crippen molar-refractivity contribution in [2.24, 2.45) is 5.92 Å². The van der Waals surface area contributed by atoms with E-state index >= 15 is 0 Å². The summed E-state index contributed by atoms with van der Waals surface area (Å²) in [7, 11) is 6.08. The van der Waals surface area contributed by atoms with Gasteiger partial charge in [0.15, 0.2) is 29.1 Å². The SMILES string of the molecule is C/C=C(/C)C(=O)O[C@@H]1c2cc(OC)c(OC)c(OC)c2-c2c(cc3c(c2OC)OCO3)C[C@@H](C)[C@]1(C)O. The molecule has 200 valence electrons. The molecule has 0 saturated carbocycles. The summed E-state index contributed by atoms with van der Waals surface area (Å²) in [5.41, 5.74) is 1.46. The number of hydrogen-bond donors (Lipinski definition) is 1. The van der Waals surface area contributed by atoms with Crippen LogP contribution in [-0.4, -0.2) is 51.9 Å².